The lowest BCUT2D eigenvalue weighted by molar-refractivity contribution is 1.09. The summed E-state index contributed by atoms with van der Waals surface area (Å²) >= 11 is 0. The molecule has 80 valence electrons. The van der Waals surface area contributed by atoms with Crippen LogP contribution in [0.3, 0.4) is 0 Å². The van der Waals surface area contributed by atoms with Crippen molar-refractivity contribution in [2.24, 2.45) is 4.99 Å². The van der Waals surface area contributed by atoms with E-state index < -0.39 is 0 Å². The van der Waals surface area contributed by atoms with Crippen LogP contribution >= 0.6 is 0 Å². The molecule has 0 atom stereocenters. The smallest absolute Gasteiger partial charge is 0.0644 e. The van der Waals surface area contributed by atoms with Crippen molar-refractivity contribution in [3.05, 3.63) is 61.1 Å². The van der Waals surface area contributed by atoms with Crippen molar-refractivity contribution in [3.8, 4) is 0 Å². The molecular weight excluding hydrogens is 184 g/mol. The number of rotatable bonds is 6. The highest BCUT2D eigenvalue weighted by molar-refractivity contribution is 5.71. The molecule has 0 aromatic rings. The average molecular weight is 202 g/mol. The first kappa shape index (κ1) is 13.2. The molecule has 0 aliphatic carbocycles. The van der Waals surface area contributed by atoms with Crippen molar-refractivity contribution < 1.29 is 0 Å². The van der Waals surface area contributed by atoms with Crippen LogP contribution in [-0.4, -0.2) is 6.21 Å². The molecular formula is C13H18N2. The Labute approximate surface area is 92.1 Å². The maximum atomic E-state index is 4.15. The molecule has 1 N–H and O–H groups in total. The Kier molecular flexibility index (Phi) is 7.69. The highest BCUT2D eigenvalue weighted by Gasteiger charge is 1.89. The van der Waals surface area contributed by atoms with Crippen LogP contribution in [0.1, 0.15) is 13.8 Å². The van der Waals surface area contributed by atoms with Crippen molar-refractivity contribution in [1.29, 1.82) is 0 Å². The predicted molar refractivity (Wildman–Crippen MR) is 68.7 cm³/mol. The highest BCUT2D eigenvalue weighted by atomic mass is 14.8. The van der Waals surface area contributed by atoms with Gasteiger partial charge < -0.3 is 5.32 Å². The van der Waals surface area contributed by atoms with Gasteiger partial charge in [-0.3, -0.25) is 4.99 Å². The van der Waals surface area contributed by atoms with Crippen LogP contribution in [0.2, 0.25) is 0 Å². The lowest BCUT2D eigenvalue weighted by Crippen LogP contribution is -2.01. The highest BCUT2D eigenvalue weighted by Crippen LogP contribution is 2.02. The van der Waals surface area contributed by atoms with E-state index in [0.29, 0.717) is 0 Å². The summed E-state index contributed by atoms with van der Waals surface area (Å²) in [5.41, 5.74) is 1.77. The number of allylic oxidation sites excluding steroid dienone is 5. The van der Waals surface area contributed by atoms with E-state index in [1.54, 1.807) is 18.4 Å². The third-order valence-corrected chi connectivity index (χ3v) is 1.57. The zero-order chi connectivity index (χ0) is 11.5. The Morgan fingerprint density at radius 2 is 2.00 bits per heavy atom. The predicted octanol–water partition coefficient (Wildman–Crippen LogP) is 3.34. The molecule has 2 heteroatoms. The van der Waals surface area contributed by atoms with E-state index in [2.05, 4.69) is 23.5 Å². The van der Waals surface area contributed by atoms with E-state index in [1.807, 2.05) is 38.3 Å². The summed E-state index contributed by atoms with van der Waals surface area (Å²) in [5, 5.41) is 3.12. The fourth-order valence-corrected chi connectivity index (χ4v) is 0.835. The van der Waals surface area contributed by atoms with E-state index in [9.17, 15) is 0 Å². The lowest BCUT2D eigenvalue weighted by Gasteiger charge is -2.01. The zero-order valence-electron chi connectivity index (χ0n) is 9.40. The van der Waals surface area contributed by atoms with Gasteiger partial charge in [0.2, 0.25) is 0 Å². The number of aliphatic imine (C=N–C) groups is 1. The first-order valence-electron chi connectivity index (χ1n) is 4.81. The van der Waals surface area contributed by atoms with Gasteiger partial charge in [-0.15, -0.1) is 0 Å². The standard InChI is InChI=1S/C13H18N2/c1-5-9-14-12(7-3)11-13(8-4)15-10-6-2/h5-11,15H,1,3H2,2,4H3/b10-6-,12-11-,13-8-,14-9?. The van der Waals surface area contributed by atoms with Crippen LogP contribution in [0, 0.1) is 0 Å². The minimum Gasteiger partial charge on any atom is -0.362 e. The second kappa shape index (κ2) is 8.75. The van der Waals surface area contributed by atoms with Crippen LogP contribution in [0.5, 0.6) is 0 Å². The maximum Gasteiger partial charge on any atom is 0.0644 e. The summed E-state index contributed by atoms with van der Waals surface area (Å²) in [7, 11) is 0. The molecule has 0 amide bonds. The number of nitrogens with one attached hydrogen (secondary N) is 1. The van der Waals surface area contributed by atoms with Gasteiger partial charge in [0.1, 0.15) is 0 Å². The molecule has 15 heavy (non-hydrogen) atoms. The minimum atomic E-state index is 0.792. The Balaban J connectivity index is 4.70. The monoisotopic (exact) mass is 202 g/mol. The maximum absolute atomic E-state index is 4.15. The van der Waals surface area contributed by atoms with Gasteiger partial charge in [-0.05, 0) is 32.2 Å². The Hall–Kier alpha value is -1.83. The molecule has 0 fully saturated rings. The van der Waals surface area contributed by atoms with Crippen molar-refractivity contribution >= 4 is 6.21 Å². The normalized spacial score (nSPS) is 13.5. The first-order valence-corrected chi connectivity index (χ1v) is 4.81. The molecule has 0 heterocycles. The van der Waals surface area contributed by atoms with Crippen molar-refractivity contribution in [2.45, 2.75) is 13.8 Å². The molecule has 0 aliphatic rings. The first-order chi connectivity index (χ1) is 7.28. The van der Waals surface area contributed by atoms with Gasteiger partial charge in [0.15, 0.2) is 0 Å². The summed E-state index contributed by atoms with van der Waals surface area (Å²) in [6.45, 7) is 11.2. The molecule has 0 saturated carbocycles. The van der Waals surface area contributed by atoms with E-state index in [-0.39, 0.29) is 0 Å². The third kappa shape index (κ3) is 6.27. The number of nitrogens with zero attached hydrogens (tertiary/aromatic N) is 1. The Morgan fingerprint density at radius 1 is 1.27 bits per heavy atom. The molecule has 0 bridgehead atoms. The summed E-state index contributed by atoms with van der Waals surface area (Å²) in [4.78, 5) is 4.15. The van der Waals surface area contributed by atoms with Crippen molar-refractivity contribution in [2.75, 3.05) is 0 Å². The molecule has 2 nitrogen and oxygen atoms in total. The SMILES string of the molecule is C=CC=N/C(C=C)=C\C(=C\C)N/C=C\C. The summed E-state index contributed by atoms with van der Waals surface area (Å²) in [5.74, 6) is 0. The average Bonchev–Trinajstić information content (AvgIpc) is 2.28. The van der Waals surface area contributed by atoms with Gasteiger partial charge in [0.25, 0.3) is 0 Å². The van der Waals surface area contributed by atoms with Gasteiger partial charge in [-0.25, -0.2) is 0 Å². The number of hydrogen-bond acceptors (Lipinski definition) is 2. The van der Waals surface area contributed by atoms with Gasteiger partial charge in [0, 0.05) is 11.9 Å². The molecule has 0 saturated heterocycles. The molecule has 0 aliphatic heterocycles. The Bertz CT molecular complexity index is 317. The fourth-order valence-electron chi connectivity index (χ4n) is 0.835. The molecule has 0 aromatic carbocycles. The summed E-state index contributed by atoms with van der Waals surface area (Å²) in [6.07, 6.45) is 12.6. The van der Waals surface area contributed by atoms with E-state index >= 15 is 0 Å². The molecule has 0 unspecified atom stereocenters. The van der Waals surface area contributed by atoms with Gasteiger partial charge in [0.05, 0.1) is 5.70 Å². The van der Waals surface area contributed by atoms with Gasteiger partial charge in [-0.1, -0.05) is 31.4 Å². The quantitative estimate of drug-likeness (QED) is 0.518. The third-order valence-electron chi connectivity index (χ3n) is 1.57. The van der Waals surface area contributed by atoms with Crippen molar-refractivity contribution in [1.82, 2.24) is 5.32 Å². The van der Waals surface area contributed by atoms with Crippen LogP contribution in [0.4, 0.5) is 0 Å². The minimum absolute atomic E-state index is 0.792. The van der Waals surface area contributed by atoms with E-state index in [1.165, 1.54) is 0 Å². The Morgan fingerprint density at radius 3 is 2.47 bits per heavy atom. The van der Waals surface area contributed by atoms with Crippen LogP contribution in [-0.2, 0) is 0 Å². The molecule has 0 spiro atoms. The zero-order valence-corrected chi connectivity index (χ0v) is 9.40. The topological polar surface area (TPSA) is 24.4 Å². The van der Waals surface area contributed by atoms with Gasteiger partial charge >= 0.3 is 0 Å². The number of hydrogen-bond donors (Lipinski definition) is 1. The molecule has 0 radical (unpaired) electrons. The summed E-state index contributed by atoms with van der Waals surface area (Å²) in [6, 6.07) is 0. The molecule has 0 rings (SSSR count). The van der Waals surface area contributed by atoms with E-state index in [4.69, 9.17) is 0 Å². The fraction of sp³-hybridized carbons (Fsp3) is 0.154. The van der Waals surface area contributed by atoms with Crippen LogP contribution in [0.25, 0.3) is 0 Å². The summed E-state index contributed by atoms with van der Waals surface area (Å²) < 4.78 is 0. The van der Waals surface area contributed by atoms with Crippen molar-refractivity contribution in [3.63, 3.8) is 0 Å². The second-order valence-corrected chi connectivity index (χ2v) is 2.68. The van der Waals surface area contributed by atoms with Gasteiger partial charge in [-0.2, -0.15) is 0 Å². The lowest BCUT2D eigenvalue weighted by atomic mass is 10.3. The van der Waals surface area contributed by atoms with E-state index in [0.717, 1.165) is 11.4 Å². The van der Waals surface area contributed by atoms with Crippen LogP contribution in [0.15, 0.2) is 66.1 Å². The largest absolute Gasteiger partial charge is 0.362 e. The second-order valence-electron chi connectivity index (χ2n) is 2.68. The molecule has 0 aromatic heterocycles. The van der Waals surface area contributed by atoms with Crippen LogP contribution < -0.4 is 5.32 Å².